The van der Waals surface area contributed by atoms with Crippen molar-refractivity contribution in [2.75, 3.05) is 0 Å². The average Bonchev–Trinajstić information content (AvgIpc) is 3.13. The van der Waals surface area contributed by atoms with Crippen molar-refractivity contribution in [3.05, 3.63) is 24.3 Å². The molecule has 12 atom stereocenters. The molecule has 2 heteroatoms. The van der Waals surface area contributed by atoms with Crippen LogP contribution in [0.1, 0.15) is 12.8 Å². The van der Waals surface area contributed by atoms with Crippen LogP contribution >= 0.6 is 0 Å². The van der Waals surface area contributed by atoms with Gasteiger partial charge in [0.1, 0.15) is 11.6 Å². The zero-order valence-electron chi connectivity index (χ0n) is 12.2. The van der Waals surface area contributed by atoms with E-state index in [4.69, 9.17) is 0 Å². The van der Waals surface area contributed by atoms with Crippen molar-refractivity contribution in [1.82, 2.24) is 0 Å². The fraction of sp³-hybridized carbons (Fsp3) is 0.700. The molecule has 2 nitrogen and oxygen atoms in total. The number of Topliss-reactive ketones (excluding diaryl/α,β-unsaturated/α-hetero) is 2. The zero-order chi connectivity index (χ0) is 14.0. The number of hydrogen-bond donors (Lipinski definition) is 0. The van der Waals surface area contributed by atoms with Crippen LogP contribution in [0.4, 0.5) is 0 Å². The van der Waals surface area contributed by atoms with Crippen molar-refractivity contribution in [2.24, 2.45) is 69.0 Å². The van der Waals surface area contributed by atoms with Crippen LogP contribution in [0.25, 0.3) is 0 Å². The molecule has 0 aliphatic heterocycles. The summed E-state index contributed by atoms with van der Waals surface area (Å²) in [4.78, 5) is 27.2. The summed E-state index contributed by atoms with van der Waals surface area (Å²) in [6.45, 7) is 0. The van der Waals surface area contributed by atoms with Gasteiger partial charge in [0, 0.05) is 11.8 Å². The van der Waals surface area contributed by atoms with Crippen LogP contribution in [0.15, 0.2) is 24.3 Å². The lowest BCUT2D eigenvalue weighted by Crippen LogP contribution is -2.74. The predicted octanol–water partition coefficient (Wildman–Crippen LogP) is 2.01. The third-order valence-electron chi connectivity index (χ3n) is 11.2. The van der Waals surface area contributed by atoms with E-state index in [2.05, 4.69) is 24.3 Å². The first-order valence-corrected chi connectivity index (χ1v) is 9.17. The van der Waals surface area contributed by atoms with Gasteiger partial charge in [-0.1, -0.05) is 24.3 Å². The smallest absolute Gasteiger partial charge is 0.145 e. The highest BCUT2D eigenvalue weighted by Crippen LogP contribution is 3.08. The van der Waals surface area contributed by atoms with Crippen molar-refractivity contribution in [2.45, 2.75) is 12.8 Å². The topological polar surface area (TPSA) is 34.1 Å². The largest absolute Gasteiger partial charge is 0.299 e. The van der Waals surface area contributed by atoms with Gasteiger partial charge in [-0.3, -0.25) is 9.59 Å². The lowest BCUT2D eigenvalue weighted by molar-refractivity contribution is -0.234. The maximum atomic E-state index is 13.6. The number of hydrogen-bond acceptors (Lipinski definition) is 2. The summed E-state index contributed by atoms with van der Waals surface area (Å²) in [6.07, 6.45) is 12.0. The molecule has 0 unspecified atom stereocenters. The van der Waals surface area contributed by atoms with E-state index in [9.17, 15) is 9.59 Å². The van der Waals surface area contributed by atoms with E-state index in [-0.39, 0.29) is 33.5 Å². The highest BCUT2D eigenvalue weighted by atomic mass is 16.2. The first kappa shape index (κ1) is 9.85. The van der Waals surface area contributed by atoms with Gasteiger partial charge in [-0.15, -0.1) is 0 Å². The predicted molar refractivity (Wildman–Crippen MR) is 75.2 cm³/mol. The van der Waals surface area contributed by atoms with Crippen LogP contribution in [-0.4, -0.2) is 11.6 Å². The molecule has 22 heavy (non-hydrogen) atoms. The van der Waals surface area contributed by atoms with E-state index < -0.39 is 0 Å². The molecular weight excluding hydrogens is 272 g/mol. The number of carbonyl (C=O) groups is 2. The summed E-state index contributed by atoms with van der Waals surface area (Å²) < 4.78 is 0. The molecule has 0 aromatic carbocycles. The molecule has 0 N–H and O–H groups in total. The zero-order valence-corrected chi connectivity index (χ0v) is 12.2. The number of carbonyl (C=O) groups excluding carboxylic acids is 2. The molecule has 0 aromatic heterocycles. The molecule has 9 rings (SSSR count). The Hall–Kier alpha value is -1.18. The molecule has 9 aliphatic carbocycles. The SMILES string of the molecule is O=C1[C@@H]2[C@@H]3C(=O)[C@]45[C@@H]6C=C[C@@H]6[C@]14[C@H]1C[C@@H]5[C@@]34[C@H]3C=C[C@H](C3)[C@@]214. The summed E-state index contributed by atoms with van der Waals surface area (Å²) in [7, 11) is 0. The molecule has 0 radical (unpaired) electrons. The Labute approximate surface area is 128 Å². The Morgan fingerprint density at radius 1 is 0.727 bits per heavy atom. The molecule has 4 bridgehead atoms. The second-order valence-corrected chi connectivity index (χ2v) is 9.90. The van der Waals surface area contributed by atoms with Crippen LogP contribution in [0.3, 0.4) is 0 Å². The van der Waals surface area contributed by atoms with Gasteiger partial charge in [0.25, 0.3) is 0 Å². The minimum Gasteiger partial charge on any atom is -0.299 e. The molecule has 0 amide bonds. The second-order valence-electron chi connectivity index (χ2n) is 9.90. The molecule has 0 heterocycles. The van der Waals surface area contributed by atoms with Gasteiger partial charge in [-0.2, -0.15) is 0 Å². The van der Waals surface area contributed by atoms with Crippen molar-refractivity contribution in [3.63, 3.8) is 0 Å². The van der Waals surface area contributed by atoms with Crippen molar-refractivity contribution >= 4 is 11.6 Å². The van der Waals surface area contributed by atoms with E-state index in [0.29, 0.717) is 47.1 Å². The Morgan fingerprint density at radius 3 is 1.68 bits per heavy atom. The molecule has 7 fully saturated rings. The molecule has 4 spiro atoms. The fourth-order valence-corrected chi connectivity index (χ4v) is 11.8. The fourth-order valence-electron chi connectivity index (χ4n) is 11.8. The molecule has 0 saturated heterocycles. The van der Waals surface area contributed by atoms with Gasteiger partial charge in [-0.05, 0) is 59.2 Å². The second kappa shape index (κ2) is 2.03. The highest BCUT2D eigenvalue weighted by Gasteiger charge is 3.11. The van der Waals surface area contributed by atoms with Gasteiger partial charge in [0.15, 0.2) is 0 Å². The molecule has 108 valence electrons. The maximum Gasteiger partial charge on any atom is 0.145 e. The van der Waals surface area contributed by atoms with E-state index >= 15 is 0 Å². The van der Waals surface area contributed by atoms with Crippen LogP contribution in [0.2, 0.25) is 0 Å². The minimum atomic E-state index is -0.201. The van der Waals surface area contributed by atoms with Crippen molar-refractivity contribution < 1.29 is 9.59 Å². The number of ketones is 2. The van der Waals surface area contributed by atoms with Gasteiger partial charge < -0.3 is 0 Å². The standard InChI is InChI=1S/C20H16O2/c21-15-13-14-16(22)20-10-4-3-9(10)19(15,20)11-6-12(20)18(14)8-2-1-7(5-8)17(11,13)18/h1-4,7-14H,5-6H2/t7-,8+,9+,10-,11+,12-,13+,14-,17-,18-,19+,20-/m0/s1. The number of rotatable bonds is 0. The van der Waals surface area contributed by atoms with E-state index in [1.165, 1.54) is 12.8 Å². The van der Waals surface area contributed by atoms with Crippen LogP contribution < -0.4 is 0 Å². The number of fused-ring (bicyclic) bond motifs is 4. The van der Waals surface area contributed by atoms with Gasteiger partial charge >= 0.3 is 0 Å². The van der Waals surface area contributed by atoms with Gasteiger partial charge in [-0.25, -0.2) is 0 Å². The Balaban J connectivity index is 1.55. The lowest BCUT2D eigenvalue weighted by Gasteiger charge is -2.71. The maximum absolute atomic E-state index is 13.6. The Morgan fingerprint density at radius 2 is 1.23 bits per heavy atom. The quantitative estimate of drug-likeness (QED) is 0.639. The van der Waals surface area contributed by atoms with E-state index in [1.807, 2.05) is 0 Å². The summed E-state index contributed by atoms with van der Waals surface area (Å²) in [5, 5.41) is 0. The molecule has 9 aliphatic rings. The minimum absolute atomic E-state index is 0.139. The van der Waals surface area contributed by atoms with E-state index in [0.717, 1.165) is 0 Å². The van der Waals surface area contributed by atoms with Crippen LogP contribution in [-0.2, 0) is 9.59 Å². The highest BCUT2D eigenvalue weighted by molar-refractivity contribution is 6.16. The molecule has 0 aromatic rings. The number of allylic oxidation sites excluding steroid dienone is 4. The Kier molecular flexibility index (Phi) is 0.908. The van der Waals surface area contributed by atoms with Crippen molar-refractivity contribution in [1.29, 1.82) is 0 Å². The first-order chi connectivity index (χ1) is 10.7. The van der Waals surface area contributed by atoms with E-state index in [1.54, 1.807) is 0 Å². The average molecular weight is 288 g/mol. The molecule has 7 saturated carbocycles. The van der Waals surface area contributed by atoms with Crippen LogP contribution in [0, 0.1) is 69.0 Å². The first-order valence-electron chi connectivity index (χ1n) is 9.17. The van der Waals surface area contributed by atoms with Crippen LogP contribution in [0.5, 0.6) is 0 Å². The summed E-state index contributed by atoms with van der Waals surface area (Å²) in [6, 6.07) is 0. The van der Waals surface area contributed by atoms with Gasteiger partial charge in [0.05, 0.1) is 10.8 Å². The third kappa shape index (κ3) is 0.396. The van der Waals surface area contributed by atoms with Gasteiger partial charge in [0.2, 0.25) is 0 Å². The summed E-state index contributed by atoms with van der Waals surface area (Å²) in [5.41, 5.74) is 0.104. The Bertz CT molecular complexity index is 814. The normalized spacial score (nSPS) is 82.7. The summed E-state index contributed by atoms with van der Waals surface area (Å²) >= 11 is 0. The third-order valence-corrected chi connectivity index (χ3v) is 11.2. The van der Waals surface area contributed by atoms with Crippen molar-refractivity contribution in [3.8, 4) is 0 Å². The lowest BCUT2D eigenvalue weighted by atomic mass is 9.29. The molecular formula is C20H16O2. The monoisotopic (exact) mass is 288 g/mol. The summed E-state index contributed by atoms with van der Waals surface area (Å²) in [5.74, 6) is 4.71.